The van der Waals surface area contributed by atoms with Gasteiger partial charge >= 0.3 is 0 Å². The Kier molecular flexibility index (Phi) is 4.79. The summed E-state index contributed by atoms with van der Waals surface area (Å²) in [5.41, 5.74) is 0.867. The molecular formula is C18H22N6O2S. The van der Waals surface area contributed by atoms with Gasteiger partial charge in [0.2, 0.25) is 11.8 Å². The number of pyridine rings is 1. The minimum atomic E-state index is -0.100. The Balaban J connectivity index is 1.38. The molecule has 3 aromatic heterocycles. The molecule has 1 N–H and O–H groups in total. The average molecular weight is 386 g/mol. The van der Waals surface area contributed by atoms with Crippen molar-refractivity contribution >= 4 is 33.3 Å². The number of aromatic nitrogens is 4. The fraction of sp³-hybridized carbons (Fsp3) is 0.444. The van der Waals surface area contributed by atoms with Gasteiger partial charge in [0, 0.05) is 68.2 Å². The van der Waals surface area contributed by atoms with Crippen LogP contribution in [0.2, 0.25) is 0 Å². The summed E-state index contributed by atoms with van der Waals surface area (Å²) in [6, 6.07) is 2.35. The van der Waals surface area contributed by atoms with E-state index in [1.165, 1.54) is 18.3 Å². The number of aryl methyl sites for hydroxylation is 1. The second-order valence-electron chi connectivity index (χ2n) is 6.95. The number of hydrogen-bond donors (Lipinski definition) is 1. The van der Waals surface area contributed by atoms with Gasteiger partial charge in [-0.1, -0.05) is 0 Å². The lowest BCUT2D eigenvalue weighted by Gasteiger charge is -2.19. The molecule has 27 heavy (non-hydrogen) atoms. The number of nitrogens with zero attached hydrogens (tertiary/aromatic N) is 5. The van der Waals surface area contributed by atoms with Gasteiger partial charge in [0.05, 0.1) is 6.20 Å². The van der Waals surface area contributed by atoms with Crippen molar-refractivity contribution in [3.05, 3.63) is 29.5 Å². The maximum atomic E-state index is 11.1. The first kappa shape index (κ1) is 17.9. The first-order valence-corrected chi connectivity index (χ1v) is 9.70. The molecule has 0 saturated carbocycles. The molecule has 0 unspecified atom stereocenters. The molecule has 1 aliphatic heterocycles. The number of carbonyl (C=O) groups excluding carboxylic acids is 1. The van der Waals surface area contributed by atoms with Gasteiger partial charge < -0.3 is 10.1 Å². The zero-order chi connectivity index (χ0) is 19.0. The lowest BCUT2D eigenvalue weighted by molar-refractivity contribution is -0.114. The minimum Gasteiger partial charge on any atom is -0.473 e. The molecule has 1 amide bonds. The summed E-state index contributed by atoms with van der Waals surface area (Å²) in [7, 11) is 1.90. The molecule has 2 atom stereocenters. The van der Waals surface area contributed by atoms with Crippen LogP contribution < -0.4 is 10.1 Å². The topological polar surface area (TPSA) is 85.2 Å². The molecule has 142 valence electrons. The number of ether oxygens (including phenoxy) is 1. The smallest absolute Gasteiger partial charge is 0.223 e. The van der Waals surface area contributed by atoms with Crippen LogP contribution >= 0.6 is 11.3 Å². The van der Waals surface area contributed by atoms with Crippen LogP contribution in [0, 0.1) is 0 Å². The molecule has 3 aromatic rings. The molecule has 1 saturated heterocycles. The summed E-state index contributed by atoms with van der Waals surface area (Å²) in [6.07, 6.45) is 6.59. The van der Waals surface area contributed by atoms with E-state index in [9.17, 15) is 4.79 Å². The van der Waals surface area contributed by atoms with Gasteiger partial charge in [-0.15, -0.1) is 11.3 Å². The summed E-state index contributed by atoms with van der Waals surface area (Å²) in [6.45, 7) is 5.33. The summed E-state index contributed by atoms with van der Waals surface area (Å²) >= 11 is 1.51. The van der Waals surface area contributed by atoms with E-state index in [1.807, 2.05) is 25.5 Å². The largest absolute Gasteiger partial charge is 0.473 e. The number of rotatable bonds is 5. The van der Waals surface area contributed by atoms with Crippen LogP contribution in [-0.2, 0) is 18.4 Å². The van der Waals surface area contributed by atoms with Crippen molar-refractivity contribution in [1.82, 2.24) is 24.6 Å². The molecule has 1 fully saturated rings. The minimum absolute atomic E-state index is 0.100. The summed E-state index contributed by atoms with van der Waals surface area (Å²) < 4.78 is 7.91. The fourth-order valence-electron chi connectivity index (χ4n) is 3.41. The number of hydrogen-bond acceptors (Lipinski definition) is 7. The van der Waals surface area contributed by atoms with Gasteiger partial charge in [-0.25, -0.2) is 9.97 Å². The Hall–Kier alpha value is -2.52. The molecule has 4 rings (SSSR count). The van der Waals surface area contributed by atoms with E-state index in [1.54, 1.807) is 10.9 Å². The van der Waals surface area contributed by atoms with Crippen molar-refractivity contribution in [1.29, 1.82) is 0 Å². The SMILES string of the molecule is CC(=O)Nc1ncc(CN2C[C@H](Oc3cc4cn(C)nc4cn3)C[C@@H]2C)s1. The highest BCUT2D eigenvalue weighted by Crippen LogP contribution is 2.27. The van der Waals surface area contributed by atoms with Gasteiger partial charge in [0.1, 0.15) is 11.6 Å². The van der Waals surface area contributed by atoms with Crippen LogP contribution in [0.1, 0.15) is 25.1 Å². The monoisotopic (exact) mass is 386 g/mol. The summed E-state index contributed by atoms with van der Waals surface area (Å²) in [5, 5.41) is 8.74. The van der Waals surface area contributed by atoms with Crippen LogP contribution in [0.3, 0.4) is 0 Å². The molecule has 0 radical (unpaired) electrons. The zero-order valence-corrected chi connectivity index (χ0v) is 16.4. The lowest BCUT2D eigenvalue weighted by Crippen LogP contribution is -2.27. The number of anilines is 1. The number of likely N-dealkylation sites (tertiary alicyclic amines) is 1. The summed E-state index contributed by atoms with van der Waals surface area (Å²) in [5.74, 6) is 0.539. The maximum Gasteiger partial charge on any atom is 0.223 e. The highest BCUT2D eigenvalue weighted by molar-refractivity contribution is 7.15. The van der Waals surface area contributed by atoms with Gasteiger partial charge in [-0.2, -0.15) is 5.10 Å². The normalized spacial score (nSPS) is 20.3. The third kappa shape index (κ3) is 4.09. The third-order valence-electron chi connectivity index (χ3n) is 4.63. The fourth-order valence-corrected chi connectivity index (χ4v) is 4.29. The standard InChI is InChI=1S/C18H22N6O2S/c1-11-4-14(26-17-5-13-8-23(3)22-16(13)7-19-17)9-24(11)10-15-6-20-18(27-15)21-12(2)25/h5-8,11,14H,4,9-10H2,1-3H3,(H,20,21,25)/t11-,14+/m0/s1. The predicted molar refractivity (Wildman–Crippen MR) is 104 cm³/mol. The van der Waals surface area contributed by atoms with Crippen molar-refractivity contribution in [3.63, 3.8) is 0 Å². The van der Waals surface area contributed by atoms with Gasteiger partial charge in [0.25, 0.3) is 0 Å². The van der Waals surface area contributed by atoms with E-state index in [4.69, 9.17) is 4.74 Å². The van der Waals surface area contributed by atoms with Gasteiger partial charge in [-0.05, 0) is 6.92 Å². The third-order valence-corrected chi connectivity index (χ3v) is 5.53. The quantitative estimate of drug-likeness (QED) is 0.725. The molecule has 0 aliphatic carbocycles. The number of nitrogens with one attached hydrogen (secondary N) is 1. The Bertz CT molecular complexity index is 968. The van der Waals surface area contributed by atoms with Gasteiger partial charge in [0.15, 0.2) is 5.13 Å². The molecule has 0 bridgehead atoms. The van der Waals surface area contributed by atoms with E-state index in [0.29, 0.717) is 17.1 Å². The molecule has 8 nitrogen and oxygen atoms in total. The van der Waals surface area contributed by atoms with Crippen molar-refractivity contribution in [2.75, 3.05) is 11.9 Å². The second-order valence-corrected chi connectivity index (χ2v) is 8.07. The molecule has 0 spiro atoms. The Morgan fingerprint density at radius 1 is 1.41 bits per heavy atom. The highest BCUT2D eigenvalue weighted by Gasteiger charge is 2.31. The van der Waals surface area contributed by atoms with Crippen molar-refractivity contribution in [2.45, 2.75) is 39.0 Å². The van der Waals surface area contributed by atoms with Crippen molar-refractivity contribution in [2.24, 2.45) is 7.05 Å². The first-order chi connectivity index (χ1) is 13.0. The van der Waals surface area contributed by atoms with E-state index in [2.05, 4.69) is 32.2 Å². The van der Waals surface area contributed by atoms with Gasteiger partial charge in [-0.3, -0.25) is 14.4 Å². The number of thiazole rings is 1. The molecular weight excluding hydrogens is 364 g/mol. The number of carbonyl (C=O) groups is 1. The predicted octanol–water partition coefficient (Wildman–Crippen LogP) is 2.43. The number of fused-ring (bicyclic) bond motifs is 1. The van der Waals surface area contributed by atoms with Crippen LogP contribution in [0.5, 0.6) is 5.88 Å². The van der Waals surface area contributed by atoms with E-state index in [0.717, 1.165) is 35.3 Å². The number of amides is 1. The van der Waals surface area contributed by atoms with Crippen LogP contribution in [0.25, 0.3) is 10.9 Å². The Morgan fingerprint density at radius 2 is 2.26 bits per heavy atom. The van der Waals surface area contributed by atoms with E-state index < -0.39 is 0 Å². The summed E-state index contributed by atoms with van der Waals surface area (Å²) in [4.78, 5) is 23.3. The average Bonchev–Trinajstić information content (AvgIpc) is 3.26. The lowest BCUT2D eigenvalue weighted by atomic mass is 10.2. The Morgan fingerprint density at radius 3 is 3.07 bits per heavy atom. The Labute approximate surface area is 161 Å². The highest BCUT2D eigenvalue weighted by atomic mass is 32.1. The van der Waals surface area contributed by atoms with E-state index >= 15 is 0 Å². The van der Waals surface area contributed by atoms with Crippen molar-refractivity contribution < 1.29 is 9.53 Å². The molecule has 9 heteroatoms. The van der Waals surface area contributed by atoms with Crippen LogP contribution in [-0.4, -0.2) is 49.2 Å². The van der Waals surface area contributed by atoms with Crippen LogP contribution in [0.15, 0.2) is 24.7 Å². The van der Waals surface area contributed by atoms with Crippen molar-refractivity contribution in [3.8, 4) is 5.88 Å². The second kappa shape index (κ2) is 7.24. The zero-order valence-electron chi connectivity index (χ0n) is 15.5. The molecule has 0 aromatic carbocycles. The molecule has 1 aliphatic rings. The maximum absolute atomic E-state index is 11.1. The first-order valence-electron chi connectivity index (χ1n) is 8.88. The van der Waals surface area contributed by atoms with Crippen LogP contribution in [0.4, 0.5) is 5.13 Å². The van der Waals surface area contributed by atoms with E-state index in [-0.39, 0.29) is 12.0 Å². The molecule has 4 heterocycles.